The van der Waals surface area contributed by atoms with Crippen molar-refractivity contribution in [2.75, 3.05) is 19.8 Å². The number of ether oxygens (including phenoxy) is 1. The van der Waals surface area contributed by atoms with Crippen molar-refractivity contribution >= 4 is 0 Å². The molecule has 1 aliphatic rings. The standard InChI is InChI=1S/C11H22FNO/c1-4-14-10-8-9(11(10,2)3)13-7-5-6-12/h9-10,13H,4-8H2,1-3H3. The summed E-state index contributed by atoms with van der Waals surface area (Å²) in [5.74, 6) is 0. The van der Waals surface area contributed by atoms with Gasteiger partial charge in [0.25, 0.3) is 0 Å². The monoisotopic (exact) mass is 203 g/mol. The van der Waals surface area contributed by atoms with Gasteiger partial charge >= 0.3 is 0 Å². The molecule has 2 atom stereocenters. The zero-order chi connectivity index (χ0) is 10.6. The second-order valence-electron chi connectivity index (χ2n) is 4.55. The Balaban J connectivity index is 2.24. The molecule has 1 N–H and O–H groups in total. The Morgan fingerprint density at radius 3 is 2.71 bits per heavy atom. The molecule has 2 unspecified atom stereocenters. The van der Waals surface area contributed by atoms with Crippen LogP contribution in [0.5, 0.6) is 0 Å². The molecule has 0 heterocycles. The SMILES string of the molecule is CCOC1CC(NCCCF)C1(C)C. The third-order valence-corrected chi connectivity index (χ3v) is 3.25. The van der Waals surface area contributed by atoms with Crippen LogP contribution in [0.1, 0.15) is 33.6 Å². The van der Waals surface area contributed by atoms with Gasteiger partial charge in [0.15, 0.2) is 0 Å². The molecule has 2 nitrogen and oxygen atoms in total. The molecule has 84 valence electrons. The Labute approximate surface area is 86.2 Å². The first-order chi connectivity index (χ1) is 6.62. The van der Waals surface area contributed by atoms with Crippen molar-refractivity contribution in [3.63, 3.8) is 0 Å². The van der Waals surface area contributed by atoms with E-state index in [2.05, 4.69) is 19.2 Å². The number of hydrogen-bond acceptors (Lipinski definition) is 2. The van der Waals surface area contributed by atoms with Crippen LogP contribution in [0.4, 0.5) is 4.39 Å². The molecule has 0 spiro atoms. The van der Waals surface area contributed by atoms with E-state index in [1.165, 1.54) is 0 Å². The van der Waals surface area contributed by atoms with Gasteiger partial charge < -0.3 is 10.1 Å². The first-order valence-corrected chi connectivity index (χ1v) is 5.53. The zero-order valence-electron chi connectivity index (χ0n) is 9.48. The number of hydrogen-bond donors (Lipinski definition) is 1. The van der Waals surface area contributed by atoms with Crippen LogP contribution < -0.4 is 5.32 Å². The van der Waals surface area contributed by atoms with Gasteiger partial charge in [-0.15, -0.1) is 0 Å². The maximum atomic E-state index is 11.9. The summed E-state index contributed by atoms with van der Waals surface area (Å²) >= 11 is 0. The molecule has 0 amide bonds. The lowest BCUT2D eigenvalue weighted by molar-refractivity contribution is -0.114. The maximum absolute atomic E-state index is 11.9. The zero-order valence-corrected chi connectivity index (χ0v) is 9.48. The van der Waals surface area contributed by atoms with Crippen LogP contribution in [0.2, 0.25) is 0 Å². The molecule has 14 heavy (non-hydrogen) atoms. The fourth-order valence-electron chi connectivity index (χ4n) is 2.06. The van der Waals surface area contributed by atoms with Crippen molar-refractivity contribution in [2.45, 2.75) is 45.8 Å². The van der Waals surface area contributed by atoms with E-state index in [0.717, 1.165) is 19.6 Å². The van der Waals surface area contributed by atoms with Gasteiger partial charge in [0.2, 0.25) is 0 Å². The topological polar surface area (TPSA) is 21.3 Å². The molecule has 0 radical (unpaired) electrons. The van der Waals surface area contributed by atoms with E-state index in [1.54, 1.807) is 0 Å². The normalized spacial score (nSPS) is 30.0. The number of alkyl halides is 1. The van der Waals surface area contributed by atoms with Crippen LogP contribution in [-0.4, -0.2) is 32.0 Å². The lowest BCUT2D eigenvalue weighted by Crippen LogP contribution is -2.61. The molecule has 0 aromatic heterocycles. The minimum Gasteiger partial charge on any atom is -0.378 e. The highest BCUT2D eigenvalue weighted by atomic mass is 19.1. The van der Waals surface area contributed by atoms with Crippen LogP contribution in [0.3, 0.4) is 0 Å². The molecule has 1 aliphatic carbocycles. The van der Waals surface area contributed by atoms with E-state index in [0.29, 0.717) is 18.6 Å². The second kappa shape index (κ2) is 5.08. The predicted molar refractivity (Wildman–Crippen MR) is 56.2 cm³/mol. The molecule has 1 rings (SSSR count). The lowest BCUT2D eigenvalue weighted by Gasteiger charge is -2.52. The first kappa shape index (κ1) is 11.9. The van der Waals surface area contributed by atoms with Crippen LogP contribution in [-0.2, 0) is 4.74 Å². The summed E-state index contributed by atoms with van der Waals surface area (Å²) < 4.78 is 17.5. The summed E-state index contributed by atoms with van der Waals surface area (Å²) in [5, 5.41) is 3.38. The smallest absolute Gasteiger partial charge is 0.0906 e. The van der Waals surface area contributed by atoms with E-state index in [9.17, 15) is 4.39 Å². The van der Waals surface area contributed by atoms with E-state index in [4.69, 9.17) is 4.74 Å². The Hall–Kier alpha value is -0.150. The molecular formula is C11H22FNO. The molecule has 1 saturated carbocycles. The van der Waals surface area contributed by atoms with Crippen molar-refractivity contribution in [3.8, 4) is 0 Å². The van der Waals surface area contributed by atoms with Gasteiger partial charge in [-0.3, -0.25) is 4.39 Å². The molecule has 1 fully saturated rings. The molecule has 0 aliphatic heterocycles. The highest BCUT2D eigenvalue weighted by molar-refractivity contribution is 5.02. The average Bonchev–Trinajstić information content (AvgIpc) is 2.15. The third kappa shape index (κ3) is 2.45. The van der Waals surface area contributed by atoms with Crippen molar-refractivity contribution in [1.82, 2.24) is 5.32 Å². The number of rotatable bonds is 6. The Kier molecular flexibility index (Phi) is 4.32. The van der Waals surface area contributed by atoms with Crippen LogP contribution in [0.15, 0.2) is 0 Å². The van der Waals surface area contributed by atoms with E-state index < -0.39 is 0 Å². The highest BCUT2D eigenvalue weighted by Gasteiger charge is 2.48. The van der Waals surface area contributed by atoms with Gasteiger partial charge in [-0.25, -0.2) is 0 Å². The summed E-state index contributed by atoms with van der Waals surface area (Å²) in [7, 11) is 0. The summed E-state index contributed by atoms with van der Waals surface area (Å²) in [6, 6.07) is 0.491. The van der Waals surface area contributed by atoms with Crippen LogP contribution in [0, 0.1) is 5.41 Å². The lowest BCUT2D eigenvalue weighted by atomic mass is 9.64. The number of nitrogens with one attached hydrogen (secondary N) is 1. The van der Waals surface area contributed by atoms with Gasteiger partial charge in [0.1, 0.15) is 0 Å². The van der Waals surface area contributed by atoms with E-state index in [-0.39, 0.29) is 12.1 Å². The quantitative estimate of drug-likeness (QED) is 0.668. The number of halogens is 1. The minimum atomic E-state index is -0.227. The fourth-order valence-corrected chi connectivity index (χ4v) is 2.06. The van der Waals surface area contributed by atoms with Crippen molar-refractivity contribution in [2.24, 2.45) is 5.41 Å². The first-order valence-electron chi connectivity index (χ1n) is 5.53. The molecule has 0 aromatic carbocycles. The van der Waals surface area contributed by atoms with Gasteiger partial charge in [-0.1, -0.05) is 13.8 Å². The van der Waals surface area contributed by atoms with Gasteiger partial charge in [-0.05, 0) is 26.3 Å². The van der Waals surface area contributed by atoms with Crippen molar-refractivity contribution in [1.29, 1.82) is 0 Å². The fraction of sp³-hybridized carbons (Fsp3) is 1.00. The summed E-state index contributed by atoms with van der Waals surface area (Å²) in [6.45, 7) is 7.79. The Morgan fingerprint density at radius 1 is 1.50 bits per heavy atom. The van der Waals surface area contributed by atoms with Crippen molar-refractivity contribution in [3.05, 3.63) is 0 Å². The second-order valence-corrected chi connectivity index (χ2v) is 4.55. The molecule has 3 heteroatoms. The average molecular weight is 203 g/mol. The predicted octanol–water partition coefficient (Wildman–Crippen LogP) is 2.14. The largest absolute Gasteiger partial charge is 0.378 e. The maximum Gasteiger partial charge on any atom is 0.0906 e. The molecule has 0 saturated heterocycles. The van der Waals surface area contributed by atoms with Gasteiger partial charge in [0, 0.05) is 18.1 Å². The summed E-state index contributed by atoms with van der Waals surface area (Å²) in [6.07, 6.45) is 2.05. The highest BCUT2D eigenvalue weighted by Crippen LogP contribution is 2.42. The van der Waals surface area contributed by atoms with Crippen LogP contribution >= 0.6 is 0 Å². The molecule has 0 aromatic rings. The third-order valence-electron chi connectivity index (χ3n) is 3.25. The Morgan fingerprint density at radius 2 is 2.21 bits per heavy atom. The molecule has 0 bridgehead atoms. The van der Waals surface area contributed by atoms with Gasteiger partial charge in [0.05, 0.1) is 12.8 Å². The molecular weight excluding hydrogens is 181 g/mol. The van der Waals surface area contributed by atoms with E-state index in [1.807, 2.05) is 6.92 Å². The minimum absolute atomic E-state index is 0.201. The van der Waals surface area contributed by atoms with Crippen molar-refractivity contribution < 1.29 is 9.13 Å². The van der Waals surface area contributed by atoms with Gasteiger partial charge in [-0.2, -0.15) is 0 Å². The summed E-state index contributed by atoms with van der Waals surface area (Å²) in [4.78, 5) is 0. The van der Waals surface area contributed by atoms with Crippen LogP contribution in [0.25, 0.3) is 0 Å². The summed E-state index contributed by atoms with van der Waals surface area (Å²) in [5.41, 5.74) is 0.201. The van der Waals surface area contributed by atoms with E-state index >= 15 is 0 Å². The Bertz CT molecular complexity index is 171.